The average Bonchev–Trinajstić information content (AvgIpc) is 2.47. The topological polar surface area (TPSA) is 119 Å². The molecule has 2 N–H and O–H groups in total. The van der Waals surface area contributed by atoms with Crippen LogP contribution in [0.5, 0.6) is 0 Å². The number of hydrogen-bond donors (Lipinski definition) is 2. The number of carboxylic acid groups (broad SMARTS) is 1. The van der Waals surface area contributed by atoms with Crippen LogP contribution < -0.4 is 5.32 Å². The zero-order valence-electron chi connectivity index (χ0n) is 12.3. The lowest BCUT2D eigenvalue weighted by Gasteiger charge is -2.19. The minimum atomic E-state index is -1.12. The van der Waals surface area contributed by atoms with Crippen molar-refractivity contribution in [3.05, 3.63) is 39.9 Å². The fraction of sp³-hybridized carbons (Fsp3) is 0.429. The van der Waals surface area contributed by atoms with Gasteiger partial charge >= 0.3 is 11.9 Å². The standard InChI is InChI=1S/C14H18N2O6/c1-3-22-14(19)9(2)15-12(13(17)18)8-10-4-6-11(7-5-10)16(20)21/h4-7,9,12,15H,3,8H2,1-2H3,(H,17,18)/t9?,12-/m0/s1. The largest absolute Gasteiger partial charge is 0.480 e. The Labute approximate surface area is 127 Å². The first-order valence-corrected chi connectivity index (χ1v) is 6.74. The maximum absolute atomic E-state index is 11.5. The second-order valence-electron chi connectivity index (χ2n) is 4.66. The predicted octanol–water partition coefficient (Wildman–Crippen LogP) is 1.13. The number of aliphatic carboxylic acids is 1. The molecule has 0 saturated heterocycles. The van der Waals surface area contributed by atoms with Gasteiger partial charge in [0.15, 0.2) is 0 Å². The van der Waals surface area contributed by atoms with Crippen molar-refractivity contribution in [1.29, 1.82) is 0 Å². The number of ether oxygens (including phenoxy) is 1. The fourth-order valence-corrected chi connectivity index (χ4v) is 1.84. The number of nitro groups is 1. The average molecular weight is 310 g/mol. The third-order valence-electron chi connectivity index (χ3n) is 2.98. The molecule has 0 heterocycles. The molecule has 1 aromatic rings. The van der Waals surface area contributed by atoms with E-state index in [1.807, 2.05) is 0 Å². The van der Waals surface area contributed by atoms with Crippen LogP contribution in [0.15, 0.2) is 24.3 Å². The Morgan fingerprint density at radius 2 is 1.95 bits per heavy atom. The van der Waals surface area contributed by atoms with Gasteiger partial charge in [0.2, 0.25) is 0 Å². The highest BCUT2D eigenvalue weighted by Crippen LogP contribution is 2.13. The number of benzene rings is 1. The molecule has 0 saturated carbocycles. The maximum Gasteiger partial charge on any atom is 0.322 e. The number of carbonyl (C=O) groups excluding carboxylic acids is 1. The van der Waals surface area contributed by atoms with E-state index < -0.39 is 28.9 Å². The first-order chi connectivity index (χ1) is 10.3. The minimum absolute atomic E-state index is 0.0662. The number of rotatable bonds is 8. The van der Waals surface area contributed by atoms with Crippen molar-refractivity contribution in [3.63, 3.8) is 0 Å². The summed E-state index contributed by atoms with van der Waals surface area (Å²) in [6, 6.07) is 3.83. The summed E-state index contributed by atoms with van der Waals surface area (Å²) in [5.74, 6) is -1.65. The molecule has 0 bridgehead atoms. The molecule has 0 amide bonds. The molecule has 0 radical (unpaired) electrons. The molecule has 0 aliphatic carbocycles. The van der Waals surface area contributed by atoms with E-state index in [1.54, 1.807) is 6.92 Å². The van der Waals surface area contributed by atoms with Crippen molar-refractivity contribution in [2.24, 2.45) is 0 Å². The molecule has 120 valence electrons. The van der Waals surface area contributed by atoms with Crippen molar-refractivity contribution >= 4 is 17.6 Å². The summed E-state index contributed by atoms with van der Waals surface area (Å²) in [6.45, 7) is 3.39. The lowest BCUT2D eigenvalue weighted by molar-refractivity contribution is -0.384. The van der Waals surface area contributed by atoms with Gasteiger partial charge in [-0.15, -0.1) is 0 Å². The van der Waals surface area contributed by atoms with Crippen LogP contribution in [0.2, 0.25) is 0 Å². The van der Waals surface area contributed by atoms with Crippen molar-refractivity contribution in [2.75, 3.05) is 6.61 Å². The van der Waals surface area contributed by atoms with Crippen molar-refractivity contribution in [1.82, 2.24) is 5.32 Å². The summed E-state index contributed by atoms with van der Waals surface area (Å²) in [6.07, 6.45) is 0.0943. The van der Waals surface area contributed by atoms with Gasteiger partial charge in [-0.1, -0.05) is 12.1 Å². The number of nitrogens with zero attached hydrogens (tertiary/aromatic N) is 1. The Kier molecular flexibility index (Phi) is 6.46. The number of nitrogens with one attached hydrogen (secondary N) is 1. The van der Waals surface area contributed by atoms with E-state index in [1.165, 1.54) is 31.2 Å². The number of hydrogen-bond acceptors (Lipinski definition) is 6. The van der Waals surface area contributed by atoms with Gasteiger partial charge in [-0.25, -0.2) is 0 Å². The normalized spacial score (nSPS) is 13.2. The van der Waals surface area contributed by atoms with Gasteiger partial charge in [0.25, 0.3) is 5.69 Å². The van der Waals surface area contributed by atoms with E-state index in [0.717, 1.165) is 0 Å². The van der Waals surface area contributed by atoms with Crippen LogP contribution in [-0.2, 0) is 20.7 Å². The summed E-state index contributed by atoms with van der Waals surface area (Å²) in [4.78, 5) is 32.8. The molecule has 0 aliphatic heterocycles. The van der Waals surface area contributed by atoms with Crippen LogP contribution in [0, 0.1) is 10.1 Å². The first-order valence-electron chi connectivity index (χ1n) is 6.74. The fourth-order valence-electron chi connectivity index (χ4n) is 1.84. The van der Waals surface area contributed by atoms with Crippen LogP contribution in [-0.4, -0.2) is 40.7 Å². The number of nitro benzene ring substituents is 1. The second kappa shape index (κ2) is 8.08. The molecule has 0 spiro atoms. The quantitative estimate of drug-likeness (QED) is 0.419. The van der Waals surface area contributed by atoms with E-state index in [0.29, 0.717) is 5.56 Å². The van der Waals surface area contributed by atoms with Gasteiger partial charge in [-0.05, 0) is 25.8 Å². The van der Waals surface area contributed by atoms with Gasteiger partial charge in [0.1, 0.15) is 12.1 Å². The molecule has 1 rings (SSSR count). The van der Waals surface area contributed by atoms with Crippen LogP contribution in [0.3, 0.4) is 0 Å². The highest BCUT2D eigenvalue weighted by atomic mass is 16.6. The first kappa shape index (κ1) is 17.6. The highest BCUT2D eigenvalue weighted by molar-refractivity contribution is 5.78. The Bertz CT molecular complexity index is 543. The monoisotopic (exact) mass is 310 g/mol. The van der Waals surface area contributed by atoms with Crippen molar-refractivity contribution < 1.29 is 24.4 Å². The molecule has 1 aromatic carbocycles. The molecular formula is C14H18N2O6. The molecule has 2 atom stereocenters. The highest BCUT2D eigenvalue weighted by Gasteiger charge is 2.24. The summed E-state index contributed by atoms with van der Waals surface area (Å²) in [7, 11) is 0. The van der Waals surface area contributed by atoms with Crippen LogP contribution >= 0.6 is 0 Å². The van der Waals surface area contributed by atoms with Crippen molar-refractivity contribution in [3.8, 4) is 0 Å². The van der Waals surface area contributed by atoms with Gasteiger partial charge in [-0.3, -0.25) is 25.0 Å². The van der Waals surface area contributed by atoms with E-state index in [9.17, 15) is 24.8 Å². The maximum atomic E-state index is 11.5. The van der Waals surface area contributed by atoms with E-state index in [-0.39, 0.29) is 18.7 Å². The molecule has 1 unspecified atom stereocenters. The third kappa shape index (κ3) is 5.13. The summed E-state index contributed by atoms with van der Waals surface area (Å²) >= 11 is 0. The summed E-state index contributed by atoms with van der Waals surface area (Å²) < 4.78 is 4.81. The van der Waals surface area contributed by atoms with Crippen molar-refractivity contribution in [2.45, 2.75) is 32.4 Å². The molecule has 8 heteroatoms. The zero-order chi connectivity index (χ0) is 16.7. The van der Waals surface area contributed by atoms with Gasteiger partial charge in [-0.2, -0.15) is 0 Å². The number of non-ortho nitro benzene ring substituents is 1. The Morgan fingerprint density at radius 1 is 1.36 bits per heavy atom. The molecule has 0 aromatic heterocycles. The number of carboxylic acids is 1. The lowest BCUT2D eigenvalue weighted by atomic mass is 10.0. The van der Waals surface area contributed by atoms with Gasteiger partial charge in [0, 0.05) is 12.1 Å². The molecule has 0 fully saturated rings. The molecule has 8 nitrogen and oxygen atoms in total. The zero-order valence-corrected chi connectivity index (χ0v) is 12.3. The number of carbonyl (C=O) groups is 2. The van der Waals surface area contributed by atoms with Gasteiger partial charge < -0.3 is 9.84 Å². The molecular weight excluding hydrogens is 292 g/mol. The Hall–Kier alpha value is -2.48. The summed E-state index contributed by atoms with van der Waals surface area (Å²) in [5.41, 5.74) is 0.546. The van der Waals surface area contributed by atoms with Crippen LogP contribution in [0.4, 0.5) is 5.69 Å². The van der Waals surface area contributed by atoms with Crippen LogP contribution in [0.25, 0.3) is 0 Å². The summed E-state index contributed by atoms with van der Waals surface area (Å²) in [5, 5.41) is 22.5. The minimum Gasteiger partial charge on any atom is -0.480 e. The SMILES string of the molecule is CCOC(=O)C(C)N[C@@H](Cc1ccc([N+](=O)[O-])cc1)C(=O)O. The molecule has 0 aliphatic rings. The smallest absolute Gasteiger partial charge is 0.322 e. The third-order valence-corrected chi connectivity index (χ3v) is 2.98. The Balaban J connectivity index is 2.73. The van der Waals surface area contributed by atoms with Gasteiger partial charge in [0.05, 0.1) is 11.5 Å². The number of esters is 1. The lowest BCUT2D eigenvalue weighted by Crippen LogP contribution is -2.47. The Morgan fingerprint density at radius 3 is 2.41 bits per heavy atom. The second-order valence-corrected chi connectivity index (χ2v) is 4.66. The predicted molar refractivity (Wildman–Crippen MR) is 77.5 cm³/mol. The van der Waals surface area contributed by atoms with E-state index >= 15 is 0 Å². The van der Waals surface area contributed by atoms with E-state index in [2.05, 4.69) is 5.32 Å². The van der Waals surface area contributed by atoms with Crippen LogP contribution in [0.1, 0.15) is 19.4 Å². The molecule has 22 heavy (non-hydrogen) atoms. The van der Waals surface area contributed by atoms with E-state index in [4.69, 9.17) is 4.74 Å².